The van der Waals surface area contributed by atoms with Gasteiger partial charge in [0.1, 0.15) is 17.5 Å². The molecular formula is C13H22N4. The predicted molar refractivity (Wildman–Crippen MR) is 71.1 cm³/mol. The smallest absolute Gasteiger partial charge is 0.137 e. The van der Waals surface area contributed by atoms with E-state index in [1.165, 1.54) is 19.3 Å². The van der Waals surface area contributed by atoms with Crippen molar-refractivity contribution in [1.29, 1.82) is 0 Å². The third-order valence-corrected chi connectivity index (χ3v) is 3.59. The van der Waals surface area contributed by atoms with E-state index in [2.05, 4.69) is 21.8 Å². The van der Waals surface area contributed by atoms with Crippen LogP contribution < -0.4 is 10.6 Å². The predicted octanol–water partition coefficient (Wildman–Crippen LogP) is 2.30. The lowest BCUT2D eigenvalue weighted by Crippen LogP contribution is -2.27. The highest BCUT2D eigenvalue weighted by atomic mass is 15.2. The Morgan fingerprint density at radius 2 is 1.94 bits per heavy atom. The van der Waals surface area contributed by atoms with Crippen LogP contribution in [0, 0.1) is 19.8 Å². The molecule has 1 aromatic rings. The van der Waals surface area contributed by atoms with Crippen molar-refractivity contribution in [2.75, 3.05) is 23.7 Å². The molecule has 4 nitrogen and oxygen atoms in total. The maximum Gasteiger partial charge on any atom is 0.137 e. The molecule has 17 heavy (non-hydrogen) atoms. The summed E-state index contributed by atoms with van der Waals surface area (Å²) in [5.41, 5.74) is 6.94. The third kappa shape index (κ3) is 2.68. The van der Waals surface area contributed by atoms with E-state index < -0.39 is 0 Å². The minimum absolute atomic E-state index is 0.616. The van der Waals surface area contributed by atoms with Gasteiger partial charge in [0, 0.05) is 18.7 Å². The standard InChI is InChI=1S/C13H22N4/c1-9-5-4-7-17(8-6-9)13-10(2)12(14)15-11(3)16-13/h9H,4-8H2,1-3H3,(H2,14,15,16). The lowest BCUT2D eigenvalue weighted by molar-refractivity contribution is 0.521. The van der Waals surface area contributed by atoms with Gasteiger partial charge in [0.25, 0.3) is 0 Å². The first-order chi connectivity index (χ1) is 8.08. The molecule has 0 saturated carbocycles. The molecule has 1 fully saturated rings. The van der Waals surface area contributed by atoms with Gasteiger partial charge in [0.2, 0.25) is 0 Å². The fraction of sp³-hybridized carbons (Fsp3) is 0.692. The van der Waals surface area contributed by atoms with Gasteiger partial charge in [-0.25, -0.2) is 9.97 Å². The minimum Gasteiger partial charge on any atom is -0.383 e. The van der Waals surface area contributed by atoms with E-state index >= 15 is 0 Å². The van der Waals surface area contributed by atoms with Crippen molar-refractivity contribution >= 4 is 11.6 Å². The molecule has 4 heteroatoms. The molecule has 1 aliphatic heterocycles. The molecular weight excluding hydrogens is 212 g/mol. The molecule has 0 radical (unpaired) electrons. The van der Waals surface area contributed by atoms with Crippen LogP contribution in [0.5, 0.6) is 0 Å². The number of anilines is 2. The molecule has 94 valence electrons. The van der Waals surface area contributed by atoms with E-state index in [-0.39, 0.29) is 0 Å². The third-order valence-electron chi connectivity index (χ3n) is 3.59. The van der Waals surface area contributed by atoms with Crippen LogP contribution in [-0.2, 0) is 0 Å². The fourth-order valence-corrected chi connectivity index (χ4v) is 2.42. The van der Waals surface area contributed by atoms with E-state index in [1.54, 1.807) is 0 Å². The minimum atomic E-state index is 0.616. The van der Waals surface area contributed by atoms with E-state index in [0.29, 0.717) is 5.82 Å². The van der Waals surface area contributed by atoms with Crippen molar-refractivity contribution < 1.29 is 0 Å². The molecule has 0 aliphatic carbocycles. The van der Waals surface area contributed by atoms with Crippen molar-refractivity contribution in [2.24, 2.45) is 5.92 Å². The van der Waals surface area contributed by atoms with Crippen molar-refractivity contribution in [1.82, 2.24) is 9.97 Å². The molecule has 1 saturated heterocycles. The van der Waals surface area contributed by atoms with E-state index in [1.807, 2.05) is 13.8 Å². The number of hydrogen-bond donors (Lipinski definition) is 1. The highest BCUT2D eigenvalue weighted by Crippen LogP contribution is 2.25. The average molecular weight is 234 g/mol. The molecule has 2 N–H and O–H groups in total. The van der Waals surface area contributed by atoms with Gasteiger partial charge in [0.15, 0.2) is 0 Å². The number of hydrogen-bond acceptors (Lipinski definition) is 4. The Hall–Kier alpha value is -1.32. The highest BCUT2D eigenvalue weighted by Gasteiger charge is 2.18. The monoisotopic (exact) mass is 234 g/mol. The second-order valence-electron chi connectivity index (χ2n) is 5.13. The first kappa shape index (κ1) is 12.1. The molecule has 0 bridgehead atoms. The zero-order valence-corrected chi connectivity index (χ0v) is 11.0. The second kappa shape index (κ2) is 4.90. The van der Waals surface area contributed by atoms with Crippen LogP contribution in [0.1, 0.15) is 37.6 Å². The summed E-state index contributed by atoms with van der Waals surface area (Å²) in [6, 6.07) is 0. The van der Waals surface area contributed by atoms with Gasteiger partial charge in [-0.3, -0.25) is 0 Å². The molecule has 1 aromatic heterocycles. The van der Waals surface area contributed by atoms with Crippen LogP contribution >= 0.6 is 0 Å². The van der Waals surface area contributed by atoms with E-state index in [4.69, 9.17) is 5.73 Å². The number of nitrogen functional groups attached to an aromatic ring is 1. The van der Waals surface area contributed by atoms with Gasteiger partial charge >= 0.3 is 0 Å². The van der Waals surface area contributed by atoms with Crippen molar-refractivity contribution in [3.8, 4) is 0 Å². The molecule has 0 amide bonds. The van der Waals surface area contributed by atoms with Gasteiger partial charge in [-0.15, -0.1) is 0 Å². The lowest BCUT2D eigenvalue weighted by atomic mass is 10.0. The van der Waals surface area contributed by atoms with Crippen LogP contribution in [-0.4, -0.2) is 23.1 Å². The summed E-state index contributed by atoms with van der Waals surface area (Å²) in [5.74, 6) is 3.23. The van der Waals surface area contributed by atoms with Gasteiger partial charge in [-0.05, 0) is 39.0 Å². The van der Waals surface area contributed by atoms with Gasteiger partial charge in [-0.2, -0.15) is 0 Å². The first-order valence-electron chi connectivity index (χ1n) is 6.43. The summed E-state index contributed by atoms with van der Waals surface area (Å²) in [4.78, 5) is 11.1. The number of aryl methyl sites for hydroxylation is 1. The van der Waals surface area contributed by atoms with Gasteiger partial charge in [-0.1, -0.05) is 6.92 Å². The van der Waals surface area contributed by atoms with Gasteiger partial charge < -0.3 is 10.6 Å². The van der Waals surface area contributed by atoms with E-state index in [9.17, 15) is 0 Å². The van der Waals surface area contributed by atoms with Crippen molar-refractivity contribution in [2.45, 2.75) is 40.0 Å². The highest BCUT2D eigenvalue weighted by molar-refractivity contribution is 5.56. The second-order valence-corrected chi connectivity index (χ2v) is 5.13. The quantitative estimate of drug-likeness (QED) is 0.810. The largest absolute Gasteiger partial charge is 0.383 e. The molecule has 0 spiro atoms. The zero-order valence-electron chi connectivity index (χ0n) is 11.0. The topological polar surface area (TPSA) is 55.0 Å². The number of rotatable bonds is 1. The molecule has 2 heterocycles. The van der Waals surface area contributed by atoms with E-state index in [0.717, 1.165) is 36.2 Å². The number of nitrogens with zero attached hydrogens (tertiary/aromatic N) is 3. The lowest BCUT2D eigenvalue weighted by Gasteiger charge is -2.24. The Bertz CT molecular complexity index is 403. The van der Waals surface area contributed by atoms with Crippen LogP contribution in [0.15, 0.2) is 0 Å². The first-order valence-corrected chi connectivity index (χ1v) is 6.43. The van der Waals surface area contributed by atoms with Crippen molar-refractivity contribution in [3.05, 3.63) is 11.4 Å². The van der Waals surface area contributed by atoms with Crippen molar-refractivity contribution in [3.63, 3.8) is 0 Å². The average Bonchev–Trinajstić information content (AvgIpc) is 2.48. The summed E-state index contributed by atoms with van der Waals surface area (Å²) in [5, 5.41) is 0. The summed E-state index contributed by atoms with van der Waals surface area (Å²) in [6.45, 7) is 8.41. The van der Waals surface area contributed by atoms with Crippen LogP contribution in [0.3, 0.4) is 0 Å². The Labute approximate surface area is 103 Å². The summed E-state index contributed by atoms with van der Waals surface area (Å²) >= 11 is 0. The Morgan fingerprint density at radius 1 is 1.18 bits per heavy atom. The summed E-state index contributed by atoms with van der Waals surface area (Å²) in [6.07, 6.45) is 3.79. The maximum absolute atomic E-state index is 5.92. The molecule has 0 aromatic carbocycles. The fourth-order valence-electron chi connectivity index (χ4n) is 2.42. The maximum atomic E-state index is 5.92. The Kier molecular flexibility index (Phi) is 3.50. The Morgan fingerprint density at radius 3 is 2.71 bits per heavy atom. The van der Waals surface area contributed by atoms with Crippen LogP contribution in [0.4, 0.5) is 11.6 Å². The SMILES string of the molecule is Cc1nc(N)c(C)c(N2CCCC(C)CC2)n1. The van der Waals surface area contributed by atoms with Crippen LogP contribution in [0.2, 0.25) is 0 Å². The molecule has 2 rings (SSSR count). The molecule has 1 unspecified atom stereocenters. The number of nitrogens with two attached hydrogens (primary N) is 1. The Balaban J connectivity index is 2.26. The summed E-state index contributed by atoms with van der Waals surface area (Å²) in [7, 11) is 0. The normalized spacial score (nSPS) is 21.4. The zero-order chi connectivity index (χ0) is 12.4. The summed E-state index contributed by atoms with van der Waals surface area (Å²) < 4.78 is 0. The number of aromatic nitrogens is 2. The molecule has 1 atom stereocenters. The molecule has 1 aliphatic rings. The van der Waals surface area contributed by atoms with Gasteiger partial charge in [0.05, 0.1) is 0 Å². The van der Waals surface area contributed by atoms with Crippen LogP contribution in [0.25, 0.3) is 0 Å².